The Morgan fingerprint density at radius 3 is 2.54 bits per heavy atom. The number of nitrogens with zero attached hydrogens (tertiary/aromatic N) is 2. The number of carbonyl (C=O) groups is 1. The van der Waals surface area contributed by atoms with E-state index in [-0.39, 0.29) is 29.9 Å². The van der Waals surface area contributed by atoms with Gasteiger partial charge in [0.1, 0.15) is 0 Å². The van der Waals surface area contributed by atoms with Crippen molar-refractivity contribution in [1.82, 2.24) is 20.9 Å². The second-order valence-corrected chi connectivity index (χ2v) is 5.43. The first kappa shape index (κ1) is 21.9. The van der Waals surface area contributed by atoms with Gasteiger partial charge in [0.2, 0.25) is 0 Å². The summed E-state index contributed by atoms with van der Waals surface area (Å²) in [5, 5.41) is 9.28. The molecule has 0 radical (unpaired) electrons. The van der Waals surface area contributed by atoms with Crippen molar-refractivity contribution < 1.29 is 4.79 Å². The lowest BCUT2D eigenvalue weighted by molar-refractivity contribution is 0.0955. The second-order valence-electron chi connectivity index (χ2n) is 5.43. The smallest absolute Gasteiger partial charge is 0.251 e. The first-order valence-electron chi connectivity index (χ1n) is 8.52. The van der Waals surface area contributed by atoms with Crippen LogP contribution < -0.4 is 16.0 Å². The third kappa shape index (κ3) is 7.38. The summed E-state index contributed by atoms with van der Waals surface area (Å²) in [6.07, 6.45) is 1.77. The Labute approximate surface area is 171 Å². The fourth-order valence-electron chi connectivity index (χ4n) is 2.26. The second kappa shape index (κ2) is 12.2. The Morgan fingerprint density at radius 1 is 1.04 bits per heavy atom. The zero-order valence-corrected chi connectivity index (χ0v) is 17.5. The number of rotatable bonds is 7. The molecular formula is C19H26IN5O. The minimum atomic E-state index is -0.0616. The fraction of sp³-hybridized carbons (Fsp3) is 0.316. The molecule has 1 amide bonds. The highest BCUT2D eigenvalue weighted by molar-refractivity contribution is 14.0. The zero-order valence-electron chi connectivity index (χ0n) is 15.2. The van der Waals surface area contributed by atoms with Crippen LogP contribution in [0.2, 0.25) is 0 Å². The normalized spacial score (nSPS) is 10.6. The number of nitrogens with one attached hydrogen (secondary N) is 3. The lowest BCUT2D eigenvalue weighted by Gasteiger charge is -2.11. The van der Waals surface area contributed by atoms with Gasteiger partial charge in [0, 0.05) is 24.8 Å². The number of carbonyl (C=O) groups excluding carboxylic acids is 1. The average Bonchev–Trinajstić information content (AvgIpc) is 2.65. The van der Waals surface area contributed by atoms with E-state index >= 15 is 0 Å². The summed E-state index contributed by atoms with van der Waals surface area (Å²) < 4.78 is 0. The SMILES string of the molecule is CCNC(=O)c1cccc(CN=C(NCC)NCc2ccccn2)c1.I. The van der Waals surface area contributed by atoms with Gasteiger partial charge in [-0.25, -0.2) is 4.99 Å². The maximum atomic E-state index is 11.9. The van der Waals surface area contributed by atoms with Gasteiger partial charge in [-0.1, -0.05) is 18.2 Å². The zero-order chi connectivity index (χ0) is 17.9. The molecule has 3 N–H and O–H groups in total. The number of hydrogen-bond donors (Lipinski definition) is 3. The molecular weight excluding hydrogens is 441 g/mol. The number of benzene rings is 1. The van der Waals surface area contributed by atoms with Crippen molar-refractivity contribution in [3.8, 4) is 0 Å². The van der Waals surface area contributed by atoms with E-state index in [1.54, 1.807) is 6.20 Å². The maximum Gasteiger partial charge on any atom is 0.251 e. The van der Waals surface area contributed by atoms with Gasteiger partial charge in [-0.05, 0) is 43.7 Å². The van der Waals surface area contributed by atoms with Crippen molar-refractivity contribution in [2.75, 3.05) is 13.1 Å². The van der Waals surface area contributed by atoms with Crippen LogP contribution in [0.25, 0.3) is 0 Å². The molecule has 0 bridgehead atoms. The van der Waals surface area contributed by atoms with Crippen LogP contribution in [-0.2, 0) is 13.1 Å². The number of aromatic nitrogens is 1. The van der Waals surface area contributed by atoms with E-state index in [9.17, 15) is 4.79 Å². The van der Waals surface area contributed by atoms with Crippen LogP contribution in [-0.4, -0.2) is 29.9 Å². The van der Waals surface area contributed by atoms with Crippen molar-refractivity contribution in [1.29, 1.82) is 0 Å². The van der Waals surface area contributed by atoms with Gasteiger partial charge in [-0.2, -0.15) is 0 Å². The summed E-state index contributed by atoms with van der Waals surface area (Å²) in [5.74, 6) is 0.657. The van der Waals surface area contributed by atoms with Crippen molar-refractivity contribution in [3.05, 3.63) is 65.5 Å². The Bertz CT molecular complexity index is 706. The highest BCUT2D eigenvalue weighted by Crippen LogP contribution is 2.07. The summed E-state index contributed by atoms with van der Waals surface area (Å²) in [5.41, 5.74) is 2.59. The molecule has 2 rings (SSSR count). The number of aliphatic imine (C=N–C) groups is 1. The van der Waals surface area contributed by atoms with E-state index in [2.05, 4.69) is 25.9 Å². The van der Waals surface area contributed by atoms with Crippen molar-refractivity contribution >= 4 is 35.8 Å². The molecule has 0 aliphatic rings. The molecule has 0 saturated carbocycles. The molecule has 1 aromatic heterocycles. The highest BCUT2D eigenvalue weighted by Gasteiger charge is 2.05. The van der Waals surface area contributed by atoms with Crippen LogP contribution in [0, 0.1) is 0 Å². The molecule has 26 heavy (non-hydrogen) atoms. The maximum absolute atomic E-state index is 11.9. The summed E-state index contributed by atoms with van der Waals surface area (Å²) >= 11 is 0. The van der Waals surface area contributed by atoms with Crippen molar-refractivity contribution in [2.45, 2.75) is 26.9 Å². The number of hydrogen-bond acceptors (Lipinski definition) is 3. The third-order valence-corrected chi connectivity index (χ3v) is 3.45. The number of pyridine rings is 1. The monoisotopic (exact) mass is 467 g/mol. The molecule has 0 fully saturated rings. The first-order chi connectivity index (χ1) is 12.2. The molecule has 7 heteroatoms. The quantitative estimate of drug-likeness (QED) is 0.333. The molecule has 0 aliphatic carbocycles. The Kier molecular flexibility index (Phi) is 10.3. The minimum Gasteiger partial charge on any atom is -0.357 e. The largest absolute Gasteiger partial charge is 0.357 e. The molecule has 1 aromatic carbocycles. The van der Waals surface area contributed by atoms with Crippen LogP contribution in [0.5, 0.6) is 0 Å². The van der Waals surface area contributed by atoms with Crippen molar-refractivity contribution in [2.24, 2.45) is 4.99 Å². The molecule has 6 nitrogen and oxygen atoms in total. The summed E-state index contributed by atoms with van der Waals surface area (Å²) in [6.45, 7) is 6.41. The van der Waals surface area contributed by atoms with Gasteiger partial charge in [0.05, 0.1) is 18.8 Å². The number of amides is 1. The lowest BCUT2D eigenvalue weighted by Crippen LogP contribution is -2.37. The van der Waals surface area contributed by atoms with Gasteiger partial charge >= 0.3 is 0 Å². The Balaban J connectivity index is 0.00000338. The predicted molar refractivity (Wildman–Crippen MR) is 116 cm³/mol. The molecule has 0 spiro atoms. The van der Waals surface area contributed by atoms with Crippen LogP contribution in [0.1, 0.15) is 35.5 Å². The van der Waals surface area contributed by atoms with Crippen molar-refractivity contribution in [3.63, 3.8) is 0 Å². The number of halogens is 1. The standard InChI is InChI=1S/C19H25N5O.HI/c1-3-20-18(25)16-9-7-8-15(12-16)13-23-19(21-4-2)24-14-17-10-5-6-11-22-17;/h5-12H,3-4,13-14H2,1-2H3,(H,20,25)(H2,21,23,24);1H. The summed E-state index contributed by atoms with van der Waals surface area (Å²) in [7, 11) is 0. The highest BCUT2D eigenvalue weighted by atomic mass is 127. The fourth-order valence-corrected chi connectivity index (χ4v) is 2.26. The topological polar surface area (TPSA) is 78.4 Å². The van der Waals surface area contributed by atoms with E-state index in [0.29, 0.717) is 25.2 Å². The van der Waals surface area contributed by atoms with E-state index in [4.69, 9.17) is 0 Å². The Hall–Kier alpha value is -2.16. The van der Waals surface area contributed by atoms with Crippen LogP contribution in [0.4, 0.5) is 0 Å². The molecule has 2 aromatic rings. The molecule has 0 aliphatic heterocycles. The van der Waals surface area contributed by atoms with Gasteiger partial charge in [-0.3, -0.25) is 9.78 Å². The predicted octanol–water partition coefficient (Wildman–Crippen LogP) is 2.70. The third-order valence-electron chi connectivity index (χ3n) is 3.45. The first-order valence-corrected chi connectivity index (χ1v) is 8.52. The van der Waals surface area contributed by atoms with Crippen LogP contribution in [0.3, 0.4) is 0 Å². The lowest BCUT2D eigenvalue weighted by atomic mass is 10.1. The summed E-state index contributed by atoms with van der Waals surface area (Å²) in [6, 6.07) is 13.3. The molecule has 140 valence electrons. The van der Waals surface area contributed by atoms with Crippen LogP contribution in [0.15, 0.2) is 53.7 Å². The molecule has 0 saturated heterocycles. The molecule has 0 unspecified atom stereocenters. The van der Waals surface area contributed by atoms with E-state index in [1.807, 2.05) is 56.3 Å². The van der Waals surface area contributed by atoms with E-state index < -0.39 is 0 Å². The minimum absolute atomic E-state index is 0. The van der Waals surface area contributed by atoms with E-state index in [1.165, 1.54) is 0 Å². The van der Waals surface area contributed by atoms with Gasteiger partial charge in [0.15, 0.2) is 5.96 Å². The van der Waals surface area contributed by atoms with Gasteiger partial charge < -0.3 is 16.0 Å². The molecule has 0 atom stereocenters. The van der Waals surface area contributed by atoms with Gasteiger partial charge in [0.25, 0.3) is 5.91 Å². The van der Waals surface area contributed by atoms with Crippen LogP contribution >= 0.6 is 24.0 Å². The Morgan fingerprint density at radius 2 is 1.85 bits per heavy atom. The van der Waals surface area contributed by atoms with E-state index in [0.717, 1.165) is 23.8 Å². The average molecular weight is 467 g/mol. The summed E-state index contributed by atoms with van der Waals surface area (Å²) in [4.78, 5) is 20.8. The number of guanidine groups is 1. The van der Waals surface area contributed by atoms with Gasteiger partial charge in [-0.15, -0.1) is 24.0 Å². The molecule has 1 heterocycles.